The van der Waals surface area contributed by atoms with Gasteiger partial charge in [-0.15, -0.1) is 11.3 Å². The molecule has 1 N–H and O–H groups in total. The van der Waals surface area contributed by atoms with Crippen molar-refractivity contribution in [3.8, 4) is 5.13 Å². The molecule has 3 aromatic rings. The molecule has 0 saturated heterocycles. The SMILES string of the molecule is Cc1csc(-n2nc(C(=O)O)c3c2CCN(Cc2ccccc2)C3)n1. The van der Waals surface area contributed by atoms with Gasteiger partial charge < -0.3 is 5.11 Å². The Balaban J connectivity index is 1.67. The van der Waals surface area contributed by atoms with E-state index in [-0.39, 0.29) is 5.69 Å². The molecule has 0 radical (unpaired) electrons. The molecule has 0 atom stereocenters. The molecule has 6 nitrogen and oxygen atoms in total. The molecule has 2 aromatic heterocycles. The molecule has 0 unspecified atom stereocenters. The van der Waals surface area contributed by atoms with Gasteiger partial charge in [-0.1, -0.05) is 30.3 Å². The molecule has 1 aliphatic heterocycles. The van der Waals surface area contributed by atoms with Crippen molar-refractivity contribution in [1.29, 1.82) is 0 Å². The molecule has 0 aliphatic carbocycles. The van der Waals surface area contributed by atoms with E-state index in [4.69, 9.17) is 0 Å². The Kier molecular flexibility index (Phi) is 4.10. The van der Waals surface area contributed by atoms with Gasteiger partial charge in [-0.25, -0.2) is 14.5 Å². The van der Waals surface area contributed by atoms with Crippen molar-refractivity contribution in [3.05, 3.63) is 63.9 Å². The zero-order valence-corrected chi connectivity index (χ0v) is 14.7. The molecule has 1 aromatic carbocycles. The lowest BCUT2D eigenvalue weighted by Gasteiger charge is -2.27. The third-order valence-corrected chi connectivity index (χ3v) is 5.31. The van der Waals surface area contributed by atoms with Gasteiger partial charge in [0.1, 0.15) is 0 Å². The molecule has 0 bridgehead atoms. The normalized spacial score (nSPS) is 14.4. The highest BCUT2D eigenvalue weighted by atomic mass is 32.1. The van der Waals surface area contributed by atoms with E-state index in [0.717, 1.165) is 41.6 Å². The van der Waals surface area contributed by atoms with Gasteiger partial charge in [-0.05, 0) is 12.5 Å². The van der Waals surface area contributed by atoms with Gasteiger partial charge in [0, 0.05) is 37.0 Å². The number of rotatable bonds is 4. The van der Waals surface area contributed by atoms with E-state index in [2.05, 4.69) is 27.1 Å². The largest absolute Gasteiger partial charge is 0.476 e. The van der Waals surface area contributed by atoms with Crippen molar-refractivity contribution in [2.24, 2.45) is 0 Å². The molecule has 0 spiro atoms. The zero-order valence-electron chi connectivity index (χ0n) is 13.8. The minimum atomic E-state index is -0.982. The monoisotopic (exact) mass is 354 g/mol. The lowest BCUT2D eigenvalue weighted by molar-refractivity contribution is 0.0687. The Hall–Kier alpha value is -2.51. The van der Waals surface area contributed by atoms with Crippen LogP contribution in [0.25, 0.3) is 5.13 Å². The summed E-state index contributed by atoms with van der Waals surface area (Å²) in [5.74, 6) is -0.982. The molecular formula is C18H18N4O2S. The fourth-order valence-corrected chi connectivity index (χ4v) is 4.00. The van der Waals surface area contributed by atoms with Crippen LogP contribution in [0.2, 0.25) is 0 Å². The lowest BCUT2D eigenvalue weighted by Crippen LogP contribution is -2.31. The molecule has 0 amide bonds. The maximum absolute atomic E-state index is 11.7. The summed E-state index contributed by atoms with van der Waals surface area (Å²) in [6.07, 6.45) is 0.765. The second-order valence-electron chi connectivity index (χ2n) is 6.21. The van der Waals surface area contributed by atoms with Crippen molar-refractivity contribution < 1.29 is 9.90 Å². The standard InChI is InChI=1S/C18H18N4O2S/c1-12-11-25-18(19-12)22-15-7-8-21(9-13-5-3-2-4-6-13)10-14(15)16(20-22)17(23)24/h2-6,11H,7-10H2,1H3,(H,23,24). The van der Waals surface area contributed by atoms with Crippen LogP contribution in [0.5, 0.6) is 0 Å². The van der Waals surface area contributed by atoms with Crippen molar-refractivity contribution >= 4 is 17.3 Å². The predicted octanol–water partition coefficient (Wildman–Crippen LogP) is 2.89. The Morgan fingerprint density at radius 1 is 1.32 bits per heavy atom. The summed E-state index contributed by atoms with van der Waals surface area (Å²) in [5.41, 5.74) is 4.06. The molecule has 0 saturated carbocycles. The second kappa shape index (κ2) is 6.42. The van der Waals surface area contributed by atoms with Crippen molar-refractivity contribution in [3.63, 3.8) is 0 Å². The van der Waals surface area contributed by atoms with Crippen molar-refractivity contribution in [1.82, 2.24) is 19.7 Å². The van der Waals surface area contributed by atoms with Crippen LogP contribution in [-0.4, -0.2) is 37.3 Å². The summed E-state index contributed by atoms with van der Waals surface area (Å²) in [6, 6.07) is 10.2. The fourth-order valence-electron chi connectivity index (χ4n) is 3.22. The highest BCUT2D eigenvalue weighted by Gasteiger charge is 2.29. The van der Waals surface area contributed by atoms with E-state index in [1.807, 2.05) is 30.5 Å². The van der Waals surface area contributed by atoms with Crippen LogP contribution >= 0.6 is 11.3 Å². The number of fused-ring (bicyclic) bond motifs is 1. The number of aromatic carboxylic acids is 1. The van der Waals surface area contributed by atoms with Crippen LogP contribution in [0.3, 0.4) is 0 Å². The van der Waals surface area contributed by atoms with E-state index >= 15 is 0 Å². The Morgan fingerprint density at radius 3 is 2.80 bits per heavy atom. The molecule has 25 heavy (non-hydrogen) atoms. The summed E-state index contributed by atoms with van der Waals surface area (Å²) in [7, 11) is 0. The first kappa shape index (κ1) is 16.0. The smallest absolute Gasteiger partial charge is 0.356 e. The number of thiazole rings is 1. The Labute approximate surface area is 149 Å². The summed E-state index contributed by atoms with van der Waals surface area (Å²) in [4.78, 5) is 18.4. The number of carboxylic acids is 1. The van der Waals surface area contributed by atoms with Crippen LogP contribution in [0, 0.1) is 6.92 Å². The van der Waals surface area contributed by atoms with Gasteiger partial charge in [0.2, 0.25) is 5.13 Å². The number of hydrogen-bond acceptors (Lipinski definition) is 5. The van der Waals surface area contributed by atoms with E-state index in [1.165, 1.54) is 16.9 Å². The third kappa shape index (κ3) is 3.08. The minimum Gasteiger partial charge on any atom is -0.476 e. The molecule has 7 heteroatoms. The average molecular weight is 354 g/mol. The van der Waals surface area contributed by atoms with Crippen LogP contribution in [-0.2, 0) is 19.5 Å². The topological polar surface area (TPSA) is 71.2 Å². The molecule has 128 valence electrons. The highest BCUT2D eigenvalue weighted by Crippen LogP contribution is 2.27. The second-order valence-corrected chi connectivity index (χ2v) is 7.05. The van der Waals surface area contributed by atoms with E-state index in [0.29, 0.717) is 6.54 Å². The maximum Gasteiger partial charge on any atom is 0.356 e. The van der Waals surface area contributed by atoms with Crippen LogP contribution in [0.15, 0.2) is 35.7 Å². The van der Waals surface area contributed by atoms with Crippen molar-refractivity contribution in [2.75, 3.05) is 6.54 Å². The van der Waals surface area contributed by atoms with Gasteiger partial charge in [0.15, 0.2) is 5.69 Å². The van der Waals surface area contributed by atoms with E-state index in [1.54, 1.807) is 4.68 Å². The first-order valence-electron chi connectivity index (χ1n) is 8.14. The molecular weight excluding hydrogens is 336 g/mol. The van der Waals surface area contributed by atoms with E-state index in [9.17, 15) is 9.90 Å². The predicted molar refractivity (Wildman–Crippen MR) is 95.2 cm³/mol. The lowest BCUT2D eigenvalue weighted by atomic mass is 10.0. The van der Waals surface area contributed by atoms with Gasteiger partial charge in [0.05, 0.1) is 11.4 Å². The number of aryl methyl sites for hydroxylation is 1. The number of carbonyl (C=O) groups is 1. The molecule has 1 aliphatic rings. The number of carboxylic acid groups (broad SMARTS) is 1. The number of nitrogens with zero attached hydrogens (tertiary/aromatic N) is 4. The Bertz CT molecular complexity index is 917. The minimum absolute atomic E-state index is 0.139. The summed E-state index contributed by atoms with van der Waals surface area (Å²) in [5, 5.41) is 16.6. The first-order valence-corrected chi connectivity index (χ1v) is 9.02. The van der Waals surface area contributed by atoms with Gasteiger partial charge in [-0.3, -0.25) is 4.90 Å². The van der Waals surface area contributed by atoms with Crippen LogP contribution in [0.1, 0.15) is 33.0 Å². The Morgan fingerprint density at radius 2 is 2.12 bits per heavy atom. The highest BCUT2D eigenvalue weighted by molar-refractivity contribution is 7.12. The third-order valence-electron chi connectivity index (χ3n) is 4.38. The van der Waals surface area contributed by atoms with E-state index < -0.39 is 5.97 Å². The molecule has 4 rings (SSSR count). The van der Waals surface area contributed by atoms with Gasteiger partial charge in [0.25, 0.3) is 0 Å². The average Bonchev–Trinajstić information content (AvgIpc) is 3.19. The number of benzene rings is 1. The van der Waals surface area contributed by atoms with Gasteiger partial charge in [-0.2, -0.15) is 5.10 Å². The maximum atomic E-state index is 11.7. The summed E-state index contributed by atoms with van der Waals surface area (Å²) < 4.78 is 1.72. The van der Waals surface area contributed by atoms with Gasteiger partial charge >= 0.3 is 5.97 Å². The zero-order chi connectivity index (χ0) is 17.4. The van der Waals surface area contributed by atoms with Crippen molar-refractivity contribution in [2.45, 2.75) is 26.4 Å². The number of aromatic nitrogens is 3. The molecule has 0 fully saturated rings. The number of hydrogen-bond donors (Lipinski definition) is 1. The van der Waals surface area contributed by atoms with Crippen LogP contribution in [0.4, 0.5) is 0 Å². The molecule has 3 heterocycles. The summed E-state index contributed by atoms with van der Waals surface area (Å²) >= 11 is 1.49. The quantitative estimate of drug-likeness (QED) is 0.780. The fraction of sp³-hybridized carbons (Fsp3) is 0.278. The first-order chi connectivity index (χ1) is 12.1. The van der Waals surface area contributed by atoms with Crippen LogP contribution < -0.4 is 0 Å². The summed E-state index contributed by atoms with van der Waals surface area (Å²) in [6.45, 7) is 4.20.